The van der Waals surface area contributed by atoms with Crippen molar-refractivity contribution in [1.29, 1.82) is 0 Å². The Morgan fingerprint density at radius 2 is 2.08 bits per heavy atom. The lowest BCUT2D eigenvalue weighted by Crippen LogP contribution is -2.17. The Kier molecular flexibility index (Phi) is 4.59. The summed E-state index contributed by atoms with van der Waals surface area (Å²) < 4.78 is 6.23. The molecule has 24 heavy (non-hydrogen) atoms. The number of carbonyl (C=O) groups excluding carboxylic acids is 1. The van der Waals surface area contributed by atoms with Gasteiger partial charge in [-0.3, -0.25) is 9.59 Å². The molecule has 0 aliphatic carbocycles. The Morgan fingerprint density at radius 3 is 2.75 bits per heavy atom. The van der Waals surface area contributed by atoms with Crippen molar-refractivity contribution in [3.8, 4) is 5.69 Å². The second kappa shape index (κ2) is 6.66. The van der Waals surface area contributed by atoms with Crippen molar-refractivity contribution < 1.29 is 9.53 Å². The van der Waals surface area contributed by atoms with Crippen molar-refractivity contribution in [2.75, 3.05) is 7.11 Å². The molecule has 1 atom stereocenters. The van der Waals surface area contributed by atoms with Crippen molar-refractivity contribution in [2.24, 2.45) is 0 Å². The van der Waals surface area contributed by atoms with Crippen LogP contribution in [0.25, 0.3) is 16.7 Å². The minimum Gasteiger partial charge on any atom is -0.468 e. The molecule has 0 saturated carbocycles. The van der Waals surface area contributed by atoms with Gasteiger partial charge in [0.2, 0.25) is 0 Å². The Bertz CT molecular complexity index is 952. The van der Waals surface area contributed by atoms with Crippen LogP contribution in [-0.4, -0.2) is 38.1 Å². The zero-order valence-corrected chi connectivity index (χ0v) is 14.4. The SMILES string of the molecule is COC(=O)[C@H](C)Sc1nc2c(cnn2-c2ccc(Cl)cc2)c(=O)[nH]1. The molecule has 0 saturated heterocycles. The smallest absolute Gasteiger partial charge is 0.318 e. The number of nitrogens with zero attached hydrogens (tertiary/aromatic N) is 3. The van der Waals surface area contributed by atoms with Gasteiger partial charge in [0.05, 0.1) is 19.0 Å². The number of benzene rings is 1. The highest BCUT2D eigenvalue weighted by Crippen LogP contribution is 2.22. The van der Waals surface area contributed by atoms with E-state index in [1.165, 1.54) is 13.3 Å². The molecule has 1 aromatic carbocycles. The lowest BCUT2D eigenvalue weighted by molar-refractivity contribution is -0.139. The van der Waals surface area contributed by atoms with Crippen LogP contribution in [0.15, 0.2) is 40.4 Å². The third-order valence-electron chi connectivity index (χ3n) is 3.31. The molecular weight excluding hydrogens is 352 g/mol. The molecule has 3 rings (SSSR count). The van der Waals surface area contributed by atoms with Gasteiger partial charge in [0.1, 0.15) is 10.6 Å². The second-order valence-electron chi connectivity index (χ2n) is 4.92. The summed E-state index contributed by atoms with van der Waals surface area (Å²) in [7, 11) is 1.31. The summed E-state index contributed by atoms with van der Waals surface area (Å²) in [6.45, 7) is 1.68. The first-order valence-electron chi connectivity index (χ1n) is 6.98. The van der Waals surface area contributed by atoms with Crippen molar-refractivity contribution in [3.05, 3.63) is 45.8 Å². The minimum absolute atomic E-state index is 0.320. The van der Waals surface area contributed by atoms with E-state index in [1.807, 2.05) is 0 Å². The van der Waals surface area contributed by atoms with Crippen LogP contribution in [0.1, 0.15) is 6.92 Å². The van der Waals surface area contributed by atoms with Gasteiger partial charge in [0, 0.05) is 5.02 Å². The summed E-state index contributed by atoms with van der Waals surface area (Å²) in [5, 5.41) is 5.00. The first-order chi connectivity index (χ1) is 11.5. The highest BCUT2D eigenvalue weighted by atomic mass is 35.5. The number of aromatic amines is 1. The summed E-state index contributed by atoms with van der Waals surface area (Å²) in [6.07, 6.45) is 1.45. The molecule has 0 unspecified atom stereocenters. The first-order valence-corrected chi connectivity index (χ1v) is 8.24. The number of H-pyrrole nitrogens is 1. The Hall–Kier alpha value is -2.32. The van der Waals surface area contributed by atoms with Gasteiger partial charge in [-0.25, -0.2) is 9.67 Å². The lowest BCUT2D eigenvalue weighted by atomic mass is 10.3. The monoisotopic (exact) mass is 364 g/mol. The van der Waals surface area contributed by atoms with Crippen molar-refractivity contribution in [1.82, 2.24) is 19.7 Å². The van der Waals surface area contributed by atoms with Gasteiger partial charge in [0.15, 0.2) is 10.8 Å². The highest BCUT2D eigenvalue weighted by molar-refractivity contribution is 8.00. The molecule has 124 valence electrons. The normalized spacial score (nSPS) is 12.3. The minimum atomic E-state index is -0.498. The molecule has 0 amide bonds. The van der Waals surface area contributed by atoms with Crippen molar-refractivity contribution in [2.45, 2.75) is 17.3 Å². The van der Waals surface area contributed by atoms with Gasteiger partial charge < -0.3 is 9.72 Å². The fraction of sp³-hybridized carbons (Fsp3) is 0.200. The molecular formula is C15H13ClN4O3S. The van der Waals surface area contributed by atoms with Gasteiger partial charge in [-0.1, -0.05) is 23.4 Å². The van der Waals surface area contributed by atoms with Crippen LogP contribution < -0.4 is 5.56 Å². The van der Waals surface area contributed by atoms with Crippen molar-refractivity contribution >= 4 is 40.4 Å². The van der Waals surface area contributed by atoms with E-state index in [2.05, 4.69) is 19.8 Å². The summed E-state index contributed by atoms with van der Waals surface area (Å²) in [4.78, 5) is 30.8. The zero-order valence-electron chi connectivity index (χ0n) is 12.8. The predicted molar refractivity (Wildman–Crippen MR) is 91.8 cm³/mol. The standard InChI is InChI=1S/C15H13ClN4O3S/c1-8(14(22)23-2)24-15-18-12-11(13(21)19-15)7-17-20(12)10-5-3-9(16)4-6-10/h3-8H,1-2H3,(H,18,19,21)/t8-/m0/s1. The molecule has 9 heteroatoms. The average Bonchev–Trinajstić information content (AvgIpc) is 2.99. The third kappa shape index (κ3) is 3.15. The number of ether oxygens (including phenoxy) is 1. The van der Waals surface area contributed by atoms with Crippen LogP contribution in [0.5, 0.6) is 0 Å². The quantitative estimate of drug-likeness (QED) is 0.434. The number of methoxy groups -OCH3 is 1. The Balaban J connectivity index is 2.05. The maximum atomic E-state index is 12.2. The Morgan fingerprint density at radius 1 is 1.38 bits per heavy atom. The maximum Gasteiger partial charge on any atom is 0.318 e. The van der Waals surface area contributed by atoms with E-state index in [1.54, 1.807) is 35.9 Å². The van der Waals surface area contributed by atoms with E-state index < -0.39 is 11.2 Å². The van der Waals surface area contributed by atoms with Crippen LogP contribution in [0.4, 0.5) is 0 Å². The molecule has 0 aliphatic heterocycles. The second-order valence-corrected chi connectivity index (χ2v) is 6.69. The van der Waals surface area contributed by atoms with Crippen LogP contribution in [0, 0.1) is 0 Å². The van der Waals surface area contributed by atoms with E-state index >= 15 is 0 Å². The maximum absolute atomic E-state index is 12.2. The number of rotatable bonds is 4. The fourth-order valence-corrected chi connectivity index (χ4v) is 3.05. The molecule has 0 aliphatic rings. The number of hydrogen-bond acceptors (Lipinski definition) is 6. The number of fused-ring (bicyclic) bond motifs is 1. The number of thioether (sulfide) groups is 1. The van der Waals surface area contributed by atoms with Crippen LogP contribution in [-0.2, 0) is 9.53 Å². The lowest BCUT2D eigenvalue weighted by Gasteiger charge is -2.08. The third-order valence-corrected chi connectivity index (χ3v) is 4.52. The van der Waals surface area contributed by atoms with E-state index in [-0.39, 0.29) is 5.56 Å². The van der Waals surface area contributed by atoms with Gasteiger partial charge in [-0.15, -0.1) is 0 Å². The molecule has 0 bridgehead atoms. The van der Waals surface area contributed by atoms with Crippen molar-refractivity contribution in [3.63, 3.8) is 0 Å². The molecule has 0 radical (unpaired) electrons. The zero-order chi connectivity index (χ0) is 17.3. The molecule has 3 aromatic rings. The average molecular weight is 365 g/mol. The summed E-state index contributed by atoms with van der Waals surface area (Å²) in [5.41, 5.74) is 0.810. The van der Waals surface area contributed by atoms with E-state index in [4.69, 9.17) is 11.6 Å². The molecule has 2 heterocycles. The van der Waals surface area contributed by atoms with Gasteiger partial charge in [0.25, 0.3) is 5.56 Å². The van der Waals surface area contributed by atoms with E-state index in [9.17, 15) is 9.59 Å². The molecule has 0 spiro atoms. The van der Waals surface area contributed by atoms with Crippen LogP contribution in [0.2, 0.25) is 5.02 Å². The van der Waals surface area contributed by atoms with E-state index in [0.29, 0.717) is 21.2 Å². The molecule has 0 fully saturated rings. The molecule has 7 nitrogen and oxygen atoms in total. The van der Waals surface area contributed by atoms with Crippen LogP contribution >= 0.6 is 23.4 Å². The number of aromatic nitrogens is 4. The van der Waals surface area contributed by atoms with Gasteiger partial charge >= 0.3 is 5.97 Å². The van der Waals surface area contributed by atoms with E-state index in [0.717, 1.165) is 17.4 Å². The summed E-state index contributed by atoms with van der Waals surface area (Å²) in [5.74, 6) is -0.394. The van der Waals surface area contributed by atoms with Gasteiger partial charge in [-0.05, 0) is 31.2 Å². The number of hydrogen-bond donors (Lipinski definition) is 1. The topological polar surface area (TPSA) is 89.9 Å². The Labute approximate surface area is 146 Å². The summed E-state index contributed by atoms with van der Waals surface area (Å²) >= 11 is 7.01. The fourth-order valence-electron chi connectivity index (χ4n) is 2.11. The number of halogens is 1. The number of esters is 1. The number of carbonyl (C=O) groups is 1. The molecule has 1 N–H and O–H groups in total. The first kappa shape index (κ1) is 16.5. The molecule has 2 aromatic heterocycles. The predicted octanol–water partition coefficient (Wildman–Crippen LogP) is 2.42. The van der Waals surface area contributed by atoms with Gasteiger partial charge in [-0.2, -0.15) is 5.10 Å². The summed E-state index contributed by atoms with van der Waals surface area (Å²) in [6, 6.07) is 7.02. The largest absolute Gasteiger partial charge is 0.468 e. The number of nitrogens with one attached hydrogen (secondary N) is 1. The highest BCUT2D eigenvalue weighted by Gasteiger charge is 2.18. The van der Waals surface area contributed by atoms with Crippen LogP contribution in [0.3, 0.4) is 0 Å².